The first-order chi connectivity index (χ1) is 7.70. The molecule has 0 aliphatic heterocycles. The highest BCUT2D eigenvalue weighted by atomic mass is 32.1. The number of nitrogens with one attached hydrogen (secondary N) is 1. The third-order valence-corrected chi connectivity index (χ3v) is 2.62. The summed E-state index contributed by atoms with van der Waals surface area (Å²) in [5.41, 5.74) is 0.383. The van der Waals surface area contributed by atoms with Crippen LogP contribution in [0.4, 0.5) is 15.2 Å². The number of nitrogens with zero attached hydrogens (tertiary/aromatic N) is 3. The van der Waals surface area contributed by atoms with Crippen molar-refractivity contribution < 1.29 is 4.39 Å². The number of hydrogen-bond donors (Lipinski definition) is 1. The van der Waals surface area contributed by atoms with Gasteiger partial charge in [0.25, 0.3) is 0 Å². The third-order valence-electron chi connectivity index (χ3n) is 1.89. The summed E-state index contributed by atoms with van der Waals surface area (Å²) in [7, 11) is 0. The van der Waals surface area contributed by atoms with Crippen LogP contribution in [0.1, 0.15) is 11.4 Å². The van der Waals surface area contributed by atoms with Crippen LogP contribution in [0.15, 0.2) is 18.2 Å². The first-order valence-electron chi connectivity index (χ1n) is 4.46. The molecule has 1 heterocycles. The largest absolute Gasteiger partial charge is 0.329 e. The molecule has 1 N–H and O–H groups in total. The normalized spacial score (nSPS) is 9.81. The van der Waals surface area contributed by atoms with E-state index in [1.54, 1.807) is 13.0 Å². The molecule has 0 saturated heterocycles. The van der Waals surface area contributed by atoms with E-state index in [-0.39, 0.29) is 5.56 Å². The van der Waals surface area contributed by atoms with Crippen molar-refractivity contribution in [1.82, 2.24) is 9.36 Å². The minimum atomic E-state index is -0.547. The van der Waals surface area contributed by atoms with Gasteiger partial charge in [-0.05, 0) is 19.1 Å². The van der Waals surface area contributed by atoms with E-state index in [1.807, 2.05) is 6.07 Å². The molecule has 80 valence electrons. The van der Waals surface area contributed by atoms with Gasteiger partial charge < -0.3 is 5.32 Å². The molecule has 0 aliphatic carbocycles. The number of aromatic nitrogens is 2. The molecule has 0 spiro atoms. The predicted molar refractivity (Wildman–Crippen MR) is 59.0 cm³/mol. The van der Waals surface area contributed by atoms with Crippen molar-refractivity contribution in [1.29, 1.82) is 5.26 Å². The Balaban J connectivity index is 2.35. The summed E-state index contributed by atoms with van der Waals surface area (Å²) < 4.78 is 17.2. The van der Waals surface area contributed by atoms with E-state index in [9.17, 15) is 4.39 Å². The Morgan fingerprint density at radius 1 is 1.50 bits per heavy atom. The number of benzene rings is 1. The van der Waals surface area contributed by atoms with Crippen LogP contribution in [0.3, 0.4) is 0 Å². The monoisotopic (exact) mass is 234 g/mol. The number of anilines is 2. The number of hydrogen-bond acceptors (Lipinski definition) is 5. The van der Waals surface area contributed by atoms with Crippen molar-refractivity contribution in [3.8, 4) is 6.07 Å². The summed E-state index contributed by atoms with van der Waals surface area (Å²) in [4.78, 5) is 4.08. The van der Waals surface area contributed by atoms with Crippen molar-refractivity contribution in [2.45, 2.75) is 6.92 Å². The van der Waals surface area contributed by atoms with Crippen molar-refractivity contribution in [2.24, 2.45) is 0 Å². The molecule has 0 radical (unpaired) electrons. The Kier molecular flexibility index (Phi) is 2.79. The van der Waals surface area contributed by atoms with Gasteiger partial charge in [-0.25, -0.2) is 9.37 Å². The molecule has 2 rings (SSSR count). The fourth-order valence-electron chi connectivity index (χ4n) is 1.20. The molecule has 0 unspecified atom stereocenters. The topological polar surface area (TPSA) is 61.6 Å². The summed E-state index contributed by atoms with van der Waals surface area (Å²) in [6, 6.07) is 6.21. The fourth-order valence-corrected chi connectivity index (χ4v) is 1.79. The Morgan fingerprint density at radius 3 is 2.94 bits per heavy atom. The summed E-state index contributed by atoms with van der Waals surface area (Å²) in [5, 5.41) is 12.2. The van der Waals surface area contributed by atoms with E-state index in [4.69, 9.17) is 5.26 Å². The molecular weight excluding hydrogens is 227 g/mol. The van der Waals surface area contributed by atoms with Crippen molar-refractivity contribution in [3.05, 3.63) is 35.4 Å². The quantitative estimate of drug-likeness (QED) is 0.867. The zero-order valence-electron chi connectivity index (χ0n) is 8.36. The van der Waals surface area contributed by atoms with Crippen LogP contribution >= 0.6 is 11.5 Å². The summed E-state index contributed by atoms with van der Waals surface area (Å²) in [6.07, 6.45) is 0. The third kappa shape index (κ3) is 1.99. The lowest BCUT2D eigenvalue weighted by Crippen LogP contribution is -1.95. The van der Waals surface area contributed by atoms with Crippen LogP contribution in [0.5, 0.6) is 0 Å². The molecule has 0 amide bonds. The molecule has 16 heavy (non-hydrogen) atoms. The van der Waals surface area contributed by atoms with Gasteiger partial charge in [0.2, 0.25) is 5.13 Å². The van der Waals surface area contributed by atoms with Crippen LogP contribution in [0.25, 0.3) is 0 Å². The van der Waals surface area contributed by atoms with Crippen LogP contribution in [-0.4, -0.2) is 9.36 Å². The molecule has 6 heteroatoms. The molecule has 2 aromatic rings. The average molecular weight is 234 g/mol. The number of aryl methyl sites for hydroxylation is 1. The average Bonchev–Trinajstić information content (AvgIpc) is 2.64. The first kappa shape index (κ1) is 10.5. The molecular formula is C10H7FN4S. The van der Waals surface area contributed by atoms with E-state index < -0.39 is 5.82 Å². The molecule has 0 saturated carbocycles. The summed E-state index contributed by atoms with van der Waals surface area (Å²) in [5.74, 6) is 0.0937. The zero-order valence-corrected chi connectivity index (χ0v) is 9.18. The molecule has 1 aromatic heterocycles. The molecule has 0 aliphatic rings. The minimum absolute atomic E-state index is 0.0182. The van der Waals surface area contributed by atoms with Gasteiger partial charge in [0.05, 0.1) is 5.69 Å². The van der Waals surface area contributed by atoms with Crippen molar-refractivity contribution >= 4 is 22.4 Å². The van der Waals surface area contributed by atoms with Gasteiger partial charge in [-0.1, -0.05) is 6.07 Å². The maximum Gasteiger partial charge on any atom is 0.207 e. The standard InChI is InChI=1S/C10H7FN4S/c1-6-13-10(16-15-6)14-9-4-2-3-8(11)7(9)5-12/h2-4H,1H3,(H,13,14,15). The van der Waals surface area contributed by atoms with Crippen LogP contribution < -0.4 is 5.32 Å². The van der Waals surface area contributed by atoms with E-state index >= 15 is 0 Å². The highest BCUT2D eigenvalue weighted by molar-refractivity contribution is 7.09. The van der Waals surface area contributed by atoms with Crippen LogP contribution in [0.2, 0.25) is 0 Å². The van der Waals surface area contributed by atoms with Crippen LogP contribution in [0, 0.1) is 24.1 Å². The van der Waals surface area contributed by atoms with E-state index in [2.05, 4.69) is 14.7 Å². The highest BCUT2D eigenvalue weighted by Gasteiger charge is 2.09. The predicted octanol–water partition coefficient (Wildman–Crippen LogP) is 2.60. The lowest BCUT2D eigenvalue weighted by atomic mass is 10.2. The molecule has 0 atom stereocenters. The maximum atomic E-state index is 13.3. The molecule has 4 nitrogen and oxygen atoms in total. The number of halogens is 1. The van der Waals surface area contributed by atoms with E-state index in [0.29, 0.717) is 16.6 Å². The Hall–Kier alpha value is -2.00. The zero-order chi connectivity index (χ0) is 11.5. The minimum Gasteiger partial charge on any atom is -0.329 e. The number of nitriles is 1. The highest BCUT2D eigenvalue weighted by Crippen LogP contribution is 2.23. The van der Waals surface area contributed by atoms with Gasteiger partial charge >= 0.3 is 0 Å². The Labute approximate surface area is 95.5 Å². The Bertz CT molecular complexity index is 558. The second kappa shape index (κ2) is 4.24. The van der Waals surface area contributed by atoms with Gasteiger partial charge in [-0.2, -0.15) is 9.64 Å². The smallest absolute Gasteiger partial charge is 0.207 e. The fraction of sp³-hybridized carbons (Fsp3) is 0.100. The first-order valence-corrected chi connectivity index (χ1v) is 5.24. The lowest BCUT2D eigenvalue weighted by molar-refractivity contribution is 0.624. The van der Waals surface area contributed by atoms with Gasteiger partial charge in [0.15, 0.2) is 0 Å². The maximum absolute atomic E-state index is 13.3. The second-order valence-electron chi connectivity index (χ2n) is 3.05. The van der Waals surface area contributed by atoms with Gasteiger partial charge in [-0.3, -0.25) is 0 Å². The molecule has 0 bridgehead atoms. The van der Waals surface area contributed by atoms with E-state index in [1.165, 1.54) is 23.7 Å². The van der Waals surface area contributed by atoms with Crippen molar-refractivity contribution in [3.63, 3.8) is 0 Å². The van der Waals surface area contributed by atoms with Crippen LogP contribution in [-0.2, 0) is 0 Å². The Morgan fingerprint density at radius 2 is 2.31 bits per heavy atom. The summed E-state index contributed by atoms with van der Waals surface area (Å²) >= 11 is 1.17. The lowest BCUT2D eigenvalue weighted by Gasteiger charge is -2.04. The van der Waals surface area contributed by atoms with Gasteiger partial charge in [0.1, 0.15) is 23.3 Å². The number of rotatable bonds is 2. The second-order valence-corrected chi connectivity index (χ2v) is 3.80. The SMILES string of the molecule is Cc1nsc(Nc2cccc(F)c2C#N)n1. The van der Waals surface area contributed by atoms with Crippen molar-refractivity contribution in [2.75, 3.05) is 5.32 Å². The summed E-state index contributed by atoms with van der Waals surface area (Å²) in [6.45, 7) is 1.76. The molecule has 1 aromatic carbocycles. The molecule has 0 fully saturated rings. The van der Waals surface area contributed by atoms with Gasteiger partial charge in [0, 0.05) is 11.5 Å². The van der Waals surface area contributed by atoms with E-state index in [0.717, 1.165) is 0 Å². The van der Waals surface area contributed by atoms with Gasteiger partial charge in [-0.15, -0.1) is 0 Å².